The molecule has 1 N–H and O–H groups in total. The highest BCUT2D eigenvalue weighted by atomic mass is 16.6. The van der Waals surface area contributed by atoms with Gasteiger partial charge in [0.2, 0.25) is 0 Å². The first kappa shape index (κ1) is 24.7. The summed E-state index contributed by atoms with van der Waals surface area (Å²) in [5.74, 6) is 1.19. The molecule has 1 amide bonds. The highest BCUT2D eigenvalue weighted by Crippen LogP contribution is 2.18. The molecule has 0 aliphatic carbocycles. The van der Waals surface area contributed by atoms with E-state index in [1.54, 1.807) is 11.9 Å². The van der Waals surface area contributed by atoms with Crippen molar-refractivity contribution in [2.24, 2.45) is 10.9 Å². The number of piperidine rings is 1. The van der Waals surface area contributed by atoms with Crippen LogP contribution in [0, 0.1) is 5.92 Å². The minimum absolute atomic E-state index is 0.270. The number of nitrogens with zero attached hydrogens (tertiary/aromatic N) is 3. The van der Waals surface area contributed by atoms with Gasteiger partial charge in [-0.05, 0) is 52.4 Å². The van der Waals surface area contributed by atoms with Gasteiger partial charge in [-0.1, -0.05) is 6.92 Å². The number of amides is 1. The molecule has 30 heavy (non-hydrogen) atoms. The van der Waals surface area contributed by atoms with Crippen LogP contribution in [0.1, 0.15) is 53.4 Å². The van der Waals surface area contributed by atoms with Crippen LogP contribution in [-0.2, 0) is 14.2 Å². The first-order valence-electron chi connectivity index (χ1n) is 11.3. The lowest BCUT2D eigenvalue weighted by atomic mass is 10.1. The fraction of sp³-hybridized carbons (Fsp3) is 0.909. The van der Waals surface area contributed by atoms with Crippen molar-refractivity contribution < 1.29 is 19.0 Å². The van der Waals surface area contributed by atoms with Crippen molar-refractivity contribution in [1.82, 2.24) is 15.1 Å². The van der Waals surface area contributed by atoms with E-state index in [1.807, 2.05) is 27.8 Å². The van der Waals surface area contributed by atoms with Gasteiger partial charge in [-0.25, -0.2) is 4.79 Å². The largest absolute Gasteiger partial charge is 0.444 e. The molecular weight excluding hydrogens is 384 g/mol. The second kappa shape index (κ2) is 11.7. The SMILES string of the molecule is CN=C(NCC(C)CN(C)C(=O)OC(C)(C)C)N1CCC(OCC2CCCO2)CC1. The zero-order valence-corrected chi connectivity index (χ0v) is 19.8. The highest BCUT2D eigenvalue weighted by Gasteiger charge is 2.25. The number of ether oxygens (including phenoxy) is 3. The first-order valence-corrected chi connectivity index (χ1v) is 11.3. The summed E-state index contributed by atoms with van der Waals surface area (Å²) in [6, 6.07) is 0. The minimum Gasteiger partial charge on any atom is -0.444 e. The van der Waals surface area contributed by atoms with Crippen LogP contribution in [-0.4, -0.2) is 93.1 Å². The Hall–Kier alpha value is -1.54. The van der Waals surface area contributed by atoms with E-state index in [9.17, 15) is 4.79 Å². The number of nitrogens with one attached hydrogen (secondary N) is 1. The molecule has 8 nitrogen and oxygen atoms in total. The summed E-state index contributed by atoms with van der Waals surface area (Å²) in [5.41, 5.74) is -0.477. The Kier molecular flexibility index (Phi) is 9.68. The molecule has 2 rings (SSSR count). The average Bonchev–Trinajstić information content (AvgIpc) is 3.20. The van der Waals surface area contributed by atoms with Crippen molar-refractivity contribution in [2.45, 2.75) is 71.2 Å². The maximum Gasteiger partial charge on any atom is 0.410 e. The number of carbonyl (C=O) groups excluding carboxylic acids is 1. The summed E-state index contributed by atoms with van der Waals surface area (Å²) in [7, 11) is 3.60. The van der Waals surface area contributed by atoms with Gasteiger partial charge in [-0.15, -0.1) is 0 Å². The van der Waals surface area contributed by atoms with E-state index in [1.165, 1.54) is 0 Å². The molecule has 174 valence electrons. The van der Waals surface area contributed by atoms with Gasteiger partial charge in [0.15, 0.2) is 5.96 Å². The second-order valence-corrected chi connectivity index (χ2v) is 9.55. The van der Waals surface area contributed by atoms with Crippen LogP contribution in [0.25, 0.3) is 0 Å². The molecule has 2 heterocycles. The average molecular weight is 427 g/mol. The molecule has 0 saturated carbocycles. The molecule has 0 aromatic heterocycles. The molecule has 0 aromatic carbocycles. The highest BCUT2D eigenvalue weighted by molar-refractivity contribution is 5.80. The Morgan fingerprint density at radius 1 is 1.30 bits per heavy atom. The zero-order valence-electron chi connectivity index (χ0n) is 19.8. The van der Waals surface area contributed by atoms with Gasteiger partial charge in [-0.2, -0.15) is 0 Å². The summed E-state index contributed by atoms with van der Waals surface area (Å²) in [5, 5.41) is 3.46. The Labute approximate surface area is 182 Å². The molecule has 2 saturated heterocycles. The van der Waals surface area contributed by atoms with Gasteiger partial charge in [0, 0.05) is 46.9 Å². The third kappa shape index (κ3) is 8.68. The number of rotatable bonds is 7. The Morgan fingerprint density at radius 3 is 2.57 bits per heavy atom. The lowest BCUT2D eigenvalue weighted by Gasteiger charge is -2.35. The quantitative estimate of drug-likeness (QED) is 0.498. The molecule has 0 aromatic rings. The molecule has 0 radical (unpaired) electrons. The van der Waals surface area contributed by atoms with Crippen molar-refractivity contribution in [3.05, 3.63) is 0 Å². The molecule has 2 aliphatic rings. The smallest absolute Gasteiger partial charge is 0.410 e. The van der Waals surface area contributed by atoms with Crippen molar-refractivity contribution in [1.29, 1.82) is 0 Å². The first-order chi connectivity index (χ1) is 14.2. The van der Waals surface area contributed by atoms with Crippen LogP contribution in [0.5, 0.6) is 0 Å². The summed E-state index contributed by atoms with van der Waals surface area (Å²) in [4.78, 5) is 20.5. The van der Waals surface area contributed by atoms with E-state index >= 15 is 0 Å². The van der Waals surface area contributed by atoms with E-state index in [4.69, 9.17) is 14.2 Å². The van der Waals surface area contributed by atoms with E-state index < -0.39 is 5.60 Å². The van der Waals surface area contributed by atoms with Crippen molar-refractivity contribution in [3.63, 3.8) is 0 Å². The molecule has 2 atom stereocenters. The number of aliphatic imine (C=N–C) groups is 1. The molecule has 2 fully saturated rings. The summed E-state index contributed by atoms with van der Waals surface area (Å²) in [6.07, 6.45) is 4.60. The maximum absolute atomic E-state index is 12.1. The molecule has 8 heteroatoms. The molecule has 0 spiro atoms. The summed E-state index contributed by atoms with van der Waals surface area (Å²) < 4.78 is 17.1. The van der Waals surface area contributed by atoms with Gasteiger partial charge in [0.05, 0.1) is 18.8 Å². The van der Waals surface area contributed by atoms with Gasteiger partial charge in [-0.3, -0.25) is 4.99 Å². The minimum atomic E-state index is -0.477. The molecule has 0 bridgehead atoms. The zero-order chi connectivity index (χ0) is 22.1. The van der Waals surface area contributed by atoms with E-state index in [0.717, 1.165) is 64.5 Å². The van der Waals surface area contributed by atoms with Gasteiger partial charge in [0.25, 0.3) is 0 Å². The fourth-order valence-corrected chi connectivity index (χ4v) is 3.80. The van der Waals surface area contributed by atoms with E-state index in [-0.39, 0.29) is 18.1 Å². The van der Waals surface area contributed by atoms with Crippen LogP contribution < -0.4 is 5.32 Å². The number of carbonyl (C=O) groups is 1. The monoisotopic (exact) mass is 426 g/mol. The van der Waals surface area contributed by atoms with Gasteiger partial charge >= 0.3 is 6.09 Å². The van der Waals surface area contributed by atoms with Crippen LogP contribution >= 0.6 is 0 Å². The molecule has 2 aliphatic heterocycles. The number of guanidine groups is 1. The lowest BCUT2D eigenvalue weighted by molar-refractivity contribution is -0.0367. The van der Waals surface area contributed by atoms with Crippen LogP contribution in [0.15, 0.2) is 4.99 Å². The van der Waals surface area contributed by atoms with Gasteiger partial charge in [0.1, 0.15) is 5.60 Å². The Balaban J connectivity index is 1.67. The normalized spacial score (nSPS) is 22.1. The number of likely N-dealkylation sites (tertiary alicyclic amines) is 1. The van der Waals surface area contributed by atoms with Crippen LogP contribution in [0.2, 0.25) is 0 Å². The van der Waals surface area contributed by atoms with Crippen molar-refractivity contribution in [2.75, 3.05) is 53.5 Å². The van der Waals surface area contributed by atoms with E-state index in [0.29, 0.717) is 12.6 Å². The fourth-order valence-electron chi connectivity index (χ4n) is 3.80. The van der Waals surface area contributed by atoms with Crippen LogP contribution in [0.4, 0.5) is 4.79 Å². The number of hydrogen-bond donors (Lipinski definition) is 1. The predicted molar refractivity (Wildman–Crippen MR) is 119 cm³/mol. The lowest BCUT2D eigenvalue weighted by Crippen LogP contribution is -2.48. The standard InChI is InChI=1S/C22H42N4O4/c1-17(15-25(6)21(27)30-22(2,3)4)14-24-20(23-5)26-11-9-18(10-12-26)29-16-19-8-7-13-28-19/h17-19H,7-16H2,1-6H3,(H,23,24). The second-order valence-electron chi connectivity index (χ2n) is 9.55. The van der Waals surface area contributed by atoms with E-state index in [2.05, 4.69) is 22.1 Å². The predicted octanol–water partition coefficient (Wildman–Crippen LogP) is 2.72. The molecule has 2 unspecified atom stereocenters. The maximum atomic E-state index is 12.1. The summed E-state index contributed by atoms with van der Waals surface area (Å²) in [6.45, 7) is 12.6. The summed E-state index contributed by atoms with van der Waals surface area (Å²) >= 11 is 0. The topological polar surface area (TPSA) is 75.6 Å². The third-order valence-electron chi connectivity index (χ3n) is 5.39. The van der Waals surface area contributed by atoms with Crippen molar-refractivity contribution >= 4 is 12.1 Å². The van der Waals surface area contributed by atoms with Crippen LogP contribution in [0.3, 0.4) is 0 Å². The Bertz CT molecular complexity index is 550. The van der Waals surface area contributed by atoms with Gasteiger partial charge < -0.3 is 29.3 Å². The van der Waals surface area contributed by atoms with Crippen molar-refractivity contribution in [3.8, 4) is 0 Å². The number of hydrogen-bond acceptors (Lipinski definition) is 5. The Morgan fingerprint density at radius 2 is 2.00 bits per heavy atom. The molecular formula is C22H42N4O4. The third-order valence-corrected chi connectivity index (χ3v) is 5.39.